The fourth-order valence-electron chi connectivity index (χ4n) is 7.47. The van der Waals surface area contributed by atoms with Crippen LogP contribution >= 0.6 is 0 Å². The number of hydrogen-bond acceptors (Lipinski definition) is 1. The number of benzene rings is 7. The number of para-hydroxylation sites is 2. The van der Waals surface area contributed by atoms with Gasteiger partial charge in [0.1, 0.15) is 6.54 Å². The standard InChI is InChI=1S/C43H29N5/c1-3-14-29(15-4-1)28-46-42(31-17-5-2-6-18-31)44-43(45-46)48-38-24-12-10-22-35(38)40-39(48)27-26-34-33-21-9-11-23-37(33)47(41(34)40)36-25-13-19-30-16-7-8-20-32(30)36/h1-27H,28H2. The molecule has 5 heteroatoms. The van der Waals surface area contributed by atoms with Crippen molar-refractivity contribution in [3.8, 4) is 23.0 Å². The minimum Gasteiger partial charge on any atom is -0.364 e. The van der Waals surface area contributed by atoms with E-state index in [2.05, 4.69) is 161 Å². The maximum absolute atomic E-state index is 5.27. The molecule has 0 saturated carbocycles. The summed E-state index contributed by atoms with van der Waals surface area (Å²) >= 11 is 0. The van der Waals surface area contributed by atoms with E-state index in [9.17, 15) is 0 Å². The number of hydrogen-bond donors (Lipinski definition) is 0. The van der Waals surface area contributed by atoms with Gasteiger partial charge in [-0.3, -0.25) is 0 Å². The monoisotopic (exact) mass is 615 g/mol. The third-order valence-corrected chi connectivity index (χ3v) is 9.55. The smallest absolute Gasteiger partial charge is 0.165 e. The molecule has 0 bridgehead atoms. The molecule has 0 saturated heterocycles. The molecule has 0 aliphatic carbocycles. The maximum Gasteiger partial charge on any atom is 0.165 e. The zero-order chi connectivity index (χ0) is 31.6. The molecule has 0 unspecified atom stereocenters. The van der Waals surface area contributed by atoms with Gasteiger partial charge in [-0.05, 0) is 34.0 Å². The molecule has 3 aromatic heterocycles. The molecule has 7 aromatic carbocycles. The molecule has 48 heavy (non-hydrogen) atoms. The topological polar surface area (TPSA) is 40.7 Å². The summed E-state index contributed by atoms with van der Waals surface area (Å²) in [5.74, 6) is 1.49. The Balaban J connectivity index is 1.31. The van der Waals surface area contributed by atoms with E-state index in [-0.39, 0.29) is 0 Å². The van der Waals surface area contributed by atoms with Crippen molar-refractivity contribution < 1.29 is 4.68 Å². The minimum atomic E-state index is 0.620. The molecule has 226 valence electrons. The number of aromatic nitrogens is 5. The van der Waals surface area contributed by atoms with Crippen LogP contribution in [0.2, 0.25) is 0 Å². The summed E-state index contributed by atoms with van der Waals surface area (Å²) in [6.07, 6.45) is 0. The van der Waals surface area contributed by atoms with Crippen LogP contribution in [-0.2, 0) is 6.54 Å². The first kappa shape index (κ1) is 26.7. The van der Waals surface area contributed by atoms with E-state index >= 15 is 0 Å². The Bertz CT molecular complexity index is 2800. The Kier molecular flexibility index (Phi) is 5.87. The second-order valence-corrected chi connectivity index (χ2v) is 12.3. The van der Waals surface area contributed by atoms with Crippen molar-refractivity contribution in [2.75, 3.05) is 0 Å². The predicted octanol–water partition coefficient (Wildman–Crippen LogP) is 9.39. The van der Waals surface area contributed by atoms with Crippen LogP contribution in [0.5, 0.6) is 0 Å². The van der Waals surface area contributed by atoms with Gasteiger partial charge in [0, 0.05) is 32.6 Å². The third-order valence-electron chi connectivity index (χ3n) is 9.55. The van der Waals surface area contributed by atoms with Gasteiger partial charge in [0.25, 0.3) is 0 Å². The second-order valence-electron chi connectivity index (χ2n) is 12.3. The molecule has 0 atom stereocenters. The van der Waals surface area contributed by atoms with Crippen LogP contribution in [0.1, 0.15) is 5.56 Å². The van der Waals surface area contributed by atoms with Gasteiger partial charge >= 0.3 is 0 Å². The summed E-state index contributed by atoms with van der Waals surface area (Å²) < 4.78 is 6.73. The Labute approximate surface area is 276 Å². The van der Waals surface area contributed by atoms with Crippen molar-refractivity contribution in [3.05, 3.63) is 169 Å². The molecule has 10 aromatic rings. The van der Waals surface area contributed by atoms with E-state index in [1.165, 1.54) is 54.6 Å². The van der Waals surface area contributed by atoms with Crippen LogP contribution < -0.4 is 9.78 Å². The van der Waals surface area contributed by atoms with Crippen LogP contribution in [0.3, 0.4) is 0 Å². The summed E-state index contributed by atoms with van der Waals surface area (Å²) in [4.78, 5) is 5.27. The Hall–Kier alpha value is -6.46. The van der Waals surface area contributed by atoms with Crippen LogP contribution in [0.15, 0.2) is 164 Å². The zero-order valence-electron chi connectivity index (χ0n) is 26.0. The lowest BCUT2D eigenvalue weighted by molar-refractivity contribution is -0.737. The van der Waals surface area contributed by atoms with E-state index in [0.717, 1.165) is 22.4 Å². The molecule has 0 aliphatic rings. The van der Waals surface area contributed by atoms with Gasteiger partial charge < -0.3 is 14.1 Å². The fraction of sp³-hybridized carbons (Fsp3) is 0.0233. The Morgan fingerprint density at radius 3 is 1.96 bits per heavy atom. The summed E-state index contributed by atoms with van der Waals surface area (Å²) in [7, 11) is 0. The van der Waals surface area contributed by atoms with Crippen LogP contribution in [0.4, 0.5) is 0 Å². The molecule has 0 amide bonds. The lowest BCUT2D eigenvalue weighted by Crippen LogP contribution is -2.40. The van der Waals surface area contributed by atoms with Crippen molar-refractivity contribution in [3.63, 3.8) is 0 Å². The first-order valence-corrected chi connectivity index (χ1v) is 16.3. The molecular formula is C43H29N5. The average molecular weight is 616 g/mol. The van der Waals surface area contributed by atoms with Gasteiger partial charge in [-0.15, -0.1) is 0 Å². The number of nitrogens with zero attached hydrogens (tertiary/aromatic N) is 5. The Morgan fingerprint density at radius 2 is 1.15 bits per heavy atom. The van der Waals surface area contributed by atoms with E-state index in [1.807, 2.05) is 16.8 Å². The molecule has 5 nitrogen and oxygen atoms in total. The van der Waals surface area contributed by atoms with Crippen LogP contribution in [0, 0.1) is 0 Å². The van der Waals surface area contributed by atoms with Crippen molar-refractivity contribution in [1.82, 2.24) is 19.2 Å². The molecule has 0 aliphatic heterocycles. The van der Waals surface area contributed by atoms with Crippen molar-refractivity contribution in [2.24, 2.45) is 0 Å². The normalized spacial score (nSPS) is 11.8. The highest BCUT2D eigenvalue weighted by atomic mass is 15.4. The van der Waals surface area contributed by atoms with Gasteiger partial charge in [-0.1, -0.05) is 152 Å². The van der Waals surface area contributed by atoms with Gasteiger partial charge in [-0.2, -0.15) is 0 Å². The summed E-state index contributed by atoms with van der Waals surface area (Å²) in [6, 6.07) is 58.0. The van der Waals surface area contributed by atoms with E-state index in [0.29, 0.717) is 12.5 Å². The molecule has 0 radical (unpaired) electrons. The molecule has 10 rings (SSSR count). The first-order valence-electron chi connectivity index (χ1n) is 16.3. The van der Waals surface area contributed by atoms with Gasteiger partial charge in [0.15, 0.2) is 5.82 Å². The highest BCUT2D eigenvalue weighted by Crippen LogP contribution is 2.42. The Morgan fingerprint density at radius 1 is 0.500 bits per heavy atom. The highest BCUT2D eigenvalue weighted by molar-refractivity contribution is 6.26. The second kappa shape index (κ2) is 10.5. The highest BCUT2D eigenvalue weighted by Gasteiger charge is 2.21. The average Bonchev–Trinajstić information content (AvgIpc) is 3.82. The molecule has 3 heterocycles. The first-order chi connectivity index (χ1) is 23.8. The largest absolute Gasteiger partial charge is 0.364 e. The van der Waals surface area contributed by atoms with Gasteiger partial charge in [0.2, 0.25) is 0 Å². The maximum atomic E-state index is 5.27. The molecular weight excluding hydrogens is 587 g/mol. The molecule has 0 spiro atoms. The zero-order valence-corrected chi connectivity index (χ0v) is 26.0. The van der Waals surface area contributed by atoms with Gasteiger partial charge in [-0.25, -0.2) is 9.78 Å². The summed E-state index contributed by atoms with van der Waals surface area (Å²) in [5, 5.41) is 12.5. The number of rotatable bonds is 5. The summed E-state index contributed by atoms with van der Waals surface area (Å²) in [6.45, 7) is 0.620. The van der Waals surface area contributed by atoms with Crippen LogP contribution in [0.25, 0.3) is 77.4 Å². The van der Waals surface area contributed by atoms with Crippen LogP contribution in [-0.4, -0.2) is 14.1 Å². The van der Waals surface area contributed by atoms with Crippen molar-refractivity contribution in [1.29, 1.82) is 0 Å². The predicted molar refractivity (Wildman–Crippen MR) is 195 cm³/mol. The summed E-state index contributed by atoms with van der Waals surface area (Å²) in [5.41, 5.74) is 7.90. The quantitative estimate of drug-likeness (QED) is 0.181. The molecule has 0 N–H and O–H groups in total. The van der Waals surface area contributed by atoms with Crippen molar-refractivity contribution in [2.45, 2.75) is 6.54 Å². The van der Waals surface area contributed by atoms with E-state index in [1.54, 1.807) is 0 Å². The van der Waals surface area contributed by atoms with Crippen molar-refractivity contribution >= 4 is 54.4 Å². The fourth-order valence-corrected chi connectivity index (χ4v) is 7.47. The minimum absolute atomic E-state index is 0.620. The number of fused-ring (bicyclic) bond motifs is 8. The van der Waals surface area contributed by atoms with E-state index < -0.39 is 0 Å². The van der Waals surface area contributed by atoms with Gasteiger partial charge in [0.05, 0.1) is 22.7 Å². The SMILES string of the molecule is c1ccc(C[n+]2[n-]c(-n3c4ccccc4c4c3ccc3c5ccccc5n(-c5cccc6ccccc56)c34)nc2-c2ccccc2)cc1. The third kappa shape index (κ3) is 3.98. The lowest BCUT2D eigenvalue weighted by atomic mass is 10.1. The van der Waals surface area contributed by atoms with E-state index in [4.69, 9.17) is 10.1 Å². The molecule has 0 fully saturated rings. The lowest BCUT2D eigenvalue weighted by Gasteiger charge is -2.13.